The van der Waals surface area contributed by atoms with Crippen molar-refractivity contribution in [3.05, 3.63) is 30.4 Å². The van der Waals surface area contributed by atoms with Gasteiger partial charge >= 0.3 is 0 Å². The van der Waals surface area contributed by atoms with E-state index in [-0.39, 0.29) is 0 Å². The number of likely N-dealkylation sites (N-methyl/N-ethyl adjacent to an activating group) is 1. The van der Waals surface area contributed by atoms with Gasteiger partial charge in [0.25, 0.3) is 0 Å². The predicted octanol–water partition coefficient (Wildman–Crippen LogP) is 2.24. The highest BCUT2D eigenvalue weighted by molar-refractivity contribution is 5.58. The van der Waals surface area contributed by atoms with E-state index >= 15 is 0 Å². The first kappa shape index (κ1) is 11.5. The van der Waals surface area contributed by atoms with Gasteiger partial charge in [-0.15, -0.1) is 0 Å². The van der Waals surface area contributed by atoms with Crippen LogP contribution in [0.1, 0.15) is 31.5 Å². The van der Waals surface area contributed by atoms with Gasteiger partial charge in [0.15, 0.2) is 0 Å². The number of aromatic nitrogens is 2. The molecule has 1 atom stereocenters. The lowest BCUT2D eigenvalue weighted by atomic mass is 9.97. The number of nitrogens with zero attached hydrogens (tertiary/aromatic N) is 3. The molecule has 1 aliphatic rings. The van der Waals surface area contributed by atoms with Gasteiger partial charge < -0.3 is 14.4 Å². The van der Waals surface area contributed by atoms with Crippen LogP contribution < -0.4 is 0 Å². The summed E-state index contributed by atoms with van der Waals surface area (Å²) < 4.78 is 2.03. The Kier molecular flexibility index (Phi) is 2.96. The number of rotatable bonds is 2. The van der Waals surface area contributed by atoms with E-state index in [1.54, 1.807) is 12.3 Å². The summed E-state index contributed by atoms with van der Waals surface area (Å²) in [4.78, 5) is 7.00. The van der Waals surface area contributed by atoms with Crippen molar-refractivity contribution >= 4 is 5.52 Å². The molecule has 3 rings (SSSR count). The van der Waals surface area contributed by atoms with Crippen molar-refractivity contribution in [2.45, 2.75) is 25.7 Å². The molecule has 4 heteroatoms. The van der Waals surface area contributed by atoms with Crippen LogP contribution in [-0.2, 0) is 0 Å². The zero-order valence-electron chi connectivity index (χ0n) is 10.7. The van der Waals surface area contributed by atoms with E-state index in [9.17, 15) is 5.11 Å². The predicted molar refractivity (Wildman–Crippen MR) is 70.9 cm³/mol. The number of hydrogen-bond donors (Lipinski definition) is 1. The summed E-state index contributed by atoms with van der Waals surface area (Å²) in [5, 5.41) is 9.81. The molecule has 0 saturated carbocycles. The molecular formula is C14H19N3O. The molecule has 96 valence electrons. The topological polar surface area (TPSA) is 40.8 Å². The minimum Gasteiger partial charge on any atom is -0.506 e. The second-order valence-electron chi connectivity index (χ2n) is 5.00. The highest BCUT2D eigenvalue weighted by atomic mass is 16.3. The maximum absolute atomic E-state index is 9.81. The zero-order valence-corrected chi connectivity index (χ0v) is 10.7. The van der Waals surface area contributed by atoms with Crippen LogP contribution in [0.3, 0.4) is 0 Å². The third-order valence-electron chi connectivity index (χ3n) is 3.90. The summed E-state index contributed by atoms with van der Waals surface area (Å²) in [5.74, 6) is 1.86. The molecule has 0 amide bonds. The zero-order chi connectivity index (χ0) is 12.5. The van der Waals surface area contributed by atoms with Gasteiger partial charge in [-0.25, -0.2) is 4.98 Å². The Morgan fingerprint density at radius 3 is 3.22 bits per heavy atom. The fourth-order valence-corrected chi connectivity index (χ4v) is 2.88. The van der Waals surface area contributed by atoms with Crippen molar-refractivity contribution in [2.75, 3.05) is 19.6 Å². The summed E-state index contributed by atoms with van der Waals surface area (Å²) >= 11 is 0. The maximum Gasteiger partial charge on any atom is 0.141 e. The number of aromatic hydroxyl groups is 1. The minimum absolute atomic E-state index is 0.305. The van der Waals surface area contributed by atoms with Crippen LogP contribution >= 0.6 is 0 Å². The molecule has 3 heterocycles. The number of likely N-dealkylation sites (tertiary alicyclic amines) is 1. The molecule has 18 heavy (non-hydrogen) atoms. The van der Waals surface area contributed by atoms with E-state index in [2.05, 4.69) is 16.8 Å². The van der Waals surface area contributed by atoms with Gasteiger partial charge in [-0.1, -0.05) is 6.92 Å². The second kappa shape index (κ2) is 4.61. The summed E-state index contributed by atoms with van der Waals surface area (Å²) in [6.45, 7) is 5.58. The maximum atomic E-state index is 9.81. The van der Waals surface area contributed by atoms with Gasteiger partial charge in [0.1, 0.15) is 17.1 Å². The summed E-state index contributed by atoms with van der Waals surface area (Å²) in [6.07, 6.45) is 6.18. The lowest BCUT2D eigenvalue weighted by Crippen LogP contribution is -2.34. The number of piperidine rings is 1. The van der Waals surface area contributed by atoms with Crippen molar-refractivity contribution in [2.24, 2.45) is 0 Å². The van der Waals surface area contributed by atoms with Crippen LogP contribution in [0.5, 0.6) is 5.75 Å². The molecule has 0 bridgehead atoms. The number of hydrogen-bond acceptors (Lipinski definition) is 3. The average Bonchev–Trinajstić information content (AvgIpc) is 2.84. The Hall–Kier alpha value is -1.55. The van der Waals surface area contributed by atoms with Gasteiger partial charge in [-0.2, -0.15) is 0 Å². The molecule has 2 aromatic heterocycles. The van der Waals surface area contributed by atoms with Crippen molar-refractivity contribution in [1.82, 2.24) is 14.3 Å². The fraction of sp³-hybridized carbons (Fsp3) is 0.500. The lowest BCUT2D eigenvalue weighted by molar-refractivity contribution is 0.213. The van der Waals surface area contributed by atoms with Crippen LogP contribution in [-0.4, -0.2) is 39.0 Å². The molecule has 2 aromatic rings. The first-order valence-corrected chi connectivity index (χ1v) is 6.67. The van der Waals surface area contributed by atoms with Gasteiger partial charge in [0, 0.05) is 18.7 Å². The summed E-state index contributed by atoms with van der Waals surface area (Å²) in [5.41, 5.74) is 0.807. The van der Waals surface area contributed by atoms with E-state index < -0.39 is 0 Å². The average molecular weight is 245 g/mol. The Balaban J connectivity index is 1.96. The molecule has 1 aliphatic heterocycles. The molecule has 0 spiro atoms. The fourth-order valence-electron chi connectivity index (χ4n) is 2.88. The van der Waals surface area contributed by atoms with E-state index in [0.717, 1.165) is 24.4 Å². The van der Waals surface area contributed by atoms with Gasteiger partial charge in [-0.05, 0) is 38.1 Å². The van der Waals surface area contributed by atoms with Crippen LogP contribution in [0.15, 0.2) is 24.5 Å². The van der Waals surface area contributed by atoms with Crippen LogP contribution in [0, 0.1) is 0 Å². The highest BCUT2D eigenvalue weighted by Gasteiger charge is 2.23. The Morgan fingerprint density at radius 2 is 2.39 bits per heavy atom. The number of pyridine rings is 1. The Labute approximate surface area is 107 Å². The third kappa shape index (κ3) is 1.86. The second-order valence-corrected chi connectivity index (χ2v) is 5.00. The van der Waals surface area contributed by atoms with Crippen molar-refractivity contribution < 1.29 is 5.11 Å². The molecule has 1 fully saturated rings. The Bertz CT molecular complexity index is 549. The normalized spacial score (nSPS) is 21.5. The van der Waals surface area contributed by atoms with Crippen LogP contribution in [0.25, 0.3) is 5.52 Å². The molecule has 0 radical (unpaired) electrons. The largest absolute Gasteiger partial charge is 0.506 e. The smallest absolute Gasteiger partial charge is 0.141 e. The molecule has 0 aliphatic carbocycles. The molecular weight excluding hydrogens is 226 g/mol. The number of imidazole rings is 1. The quantitative estimate of drug-likeness (QED) is 0.882. The van der Waals surface area contributed by atoms with E-state index in [1.807, 2.05) is 16.7 Å². The molecule has 1 N–H and O–H groups in total. The summed E-state index contributed by atoms with van der Waals surface area (Å²) in [6, 6.07) is 3.58. The van der Waals surface area contributed by atoms with Crippen molar-refractivity contribution in [1.29, 1.82) is 0 Å². The van der Waals surface area contributed by atoms with Crippen molar-refractivity contribution in [3.63, 3.8) is 0 Å². The summed E-state index contributed by atoms with van der Waals surface area (Å²) in [7, 11) is 0. The van der Waals surface area contributed by atoms with Gasteiger partial charge in [0.05, 0.1) is 6.20 Å². The third-order valence-corrected chi connectivity index (χ3v) is 3.90. The standard InChI is InChI=1S/C14H19N3O/c1-2-16-7-3-5-11(10-16)14-15-9-12-13(18)6-4-8-17(12)14/h4,6,8-9,11,18H,2-3,5,7,10H2,1H3. The van der Waals surface area contributed by atoms with Gasteiger partial charge in [-0.3, -0.25) is 0 Å². The van der Waals surface area contributed by atoms with E-state index in [0.29, 0.717) is 11.7 Å². The minimum atomic E-state index is 0.305. The molecule has 1 saturated heterocycles. The van der Waals surface area contributed by atoms with E-state index in [1.165, 1.54) is 19.4 Å². The molecule has 0 aromatic carbocycles. The first-order valence-electron chi connectivity index (χ1n) is 6.67. The molecule has 4 nitrogen and oxygen atoms in total. The van der Waals surface area contributed by atoms with E-state index in [4.69, 9.17) is 0 Å². The highest BCUT2D eigenvalue weighted by Crippen LogP contribution is 2.28. The SMILES string of the molecule is CCN1CCCC(c2ncc3c(O)cccn23)C1. The van der Waals surface area contributed by atoms with Crippen LogP contribution in [0.4, 0.5) is 0 Å². The molecule has 1 unspecified atom stereocenters. The number of fused-ring (bicyclic) bond motifs is 1. The monoisotopic (exact) mass is 245 g/mol. The van der Waals surface area contributed by atoms with Crippen molar-refractivity contribution in [3.8, 4) is 5.75 Å². The lowest BCUT2D eigenvalue weighted by Gasteiger charge is -2.31. The van der Waals surface area contributed by atoms with Crippen LogP contribution in [0.2, 0.25) is 0 Å². The first-order chi connectivity index (χ1) is 8.79. The van der Waals surface area contributed by atoms with Gasteiger partial charge in [0.2, 0.25) is 0 Å². The Morgan fingerprint density at radius 1 is 1.50 bits per heavy atom.